The highest BCUT2D eigenvalue weighted by molar-refractivity contribution is 5.93. The monoisotopic (exact) mass is 387 g/mol. The molecule has 4 rings (SSSR count). The molecule has 0 bridgehead atoms. The highest BCUT2D eigenvalue weighted by Gasteiger charge is 2.14. The number of nitrogens with zero attached hydrogens (tertiary/aromatic N) is 4. The molecular formula is C23H25N5O. The van der Waals surface area contributed by atoms with Gasteiger partial charge in [0.2, 0.25) is 0 Å². The lowest BCUT2D eigenvalue weighted by Gasteiger charge is -2.07. The Morgan fingerprint density at radius 3 is 2.62 bits per heavy atom. The minimum absolute atomic E-state index is 0.147. The topological polar surface area (TPSA) is 64.7 Å². The number of nitrogens with one attached hydrogen (secondary N) is 1. The lowest BCUT2D eigenvalue weighted by atomic mass is 10.1. The number of aryl methyl sites for hydroxylation is 4. The van der Waals surface area contributed by atoms with Crippen LogP contribution in [-0.4, -0.2) is 31.8 Å². The molecule has 1 amide bonds. The molecule has 0 saturated carbocycles. The van der Waals surface area contributed by atoms with Crippen LogP contribution in [0.25, 0.3) is 22.3 Å². The maximum atomic E-state index is 12.5. The van der Waals surface area contributed by atoms with E-state index in [1.54, 1.807) is 4.68 Å². The number of para-hydroxylation sites is 2. The van der Waals surface area contributed by atoms with Crippen molar-refractivity contribution in [2.24, 2.45) is 7.05 Å². The molecule has 0 unspecified atom stereocenters. The fourth-order valence-electron chi connectivity index (χ4n) is 3.58. The van der Waals surface area contributed by atoms with Gasteiger partial charge >= 0.3 is 0 Å². The molecule has 1 N–H and O–H groups in total. The number of carbonyl (C=O) groups is 1. The SMILES string of the molecule is Cc1ccc(-c2cc(C(=O)NCCCn3c(C)nc4ccccc43)nn2C)cc1. The Labute approximate surface area is 170 Å². The summed E-state index contributed by atoms with van der Waals surface area (Å²) in [5, 5.41) is 7.36. The van der Waals surface area contributed by atoms with E-state index in [-0.39, 0.29) is 5.91 Å². The summed E-state index contributed by atoms with van der Waals surface area (Å²) in [4.78, 5) is 17.1. The summed E-state index contributed by atoms with van der Waals surface area (Å²) in [6.45, 7) is 5.46. The van der Waals surface area contributed by atoms with E-state index in [0.29, 0.717) is 12.2 Å². The van der Waals surface area contributed by atoms with Crippen molar-refractivity contribution in [1.29, 1.82) is 0 Å². The molecule has 0 radical (unpaired) electrons. The zero-order valence-corrected chi connectivity index (χ0v) is 17.0. The average molecular weight is 387 g/mol. The van der Waals surface area contributed by atoms with Gasteiger partial charge < -0.3 is 9.88 Å². The molecule has 29 heavy (non-hydrogen) atoms. The molecule has 0 aliphatic heterocycles. The van der Waals surface area contributed by atoms with Gasteiger partial charge in [-0.05, 0) is 44.0 Å². The van der Waals surface area contributed by atoms with Crippen LogP contribution in [0, 0.1) is 13.8 Å². The van der Waals surface area contributed by atoms with Gasteiger partial charge in [0, 0.05) is 20.1 Å². The van der Waals surface area contributed by atoms with Crippen LogP contribution in [-0.2, 0) is 13.6 Å². The maximum Gasteiger partial charge on any atom is 0.271 e. The Hall–Kier alpha value is -3.41. The zero-order valence-electron chi connectivity index (χ0n) is 17.0. The Balaban J connectivity index is 1.37. The van der Waals surface area contributed by atoms with E-state index in [4.69, 9.17) is 0 Å². The van der Waals surface area contributed by atoms with E-state index in [9.17, 15) is 4.79 Å². The molecule has 2 aromatic carbocycles. The minimum atomic E-state index is -0.147. The van der Waals surface area contributed by atoms with Crippen molar-refractivity contribution in [2.45, 2.75) is 26.8 Å². The Morgan fingerprint density at radius 1 is 1.07 bits per heavy atom. The summed E-state index contributed by atoms with van der Waals surface area (Å²) in [7, 11) is 1.86. The van der Waals surface area contributed by atoms with Gasteiger partial charge in [-0.1, -0.05) is 42.0 Å². The fourth-order valence-corrected chi connectivity index (χ4v) is 3.58. The van der Waals surface area contributed by atoms with E-state index >= 15 is 0 Å². The molecule has 4 aromatic rings. The van der Waals surface area contributed by atoms with Crippen molar-refractivity contribution in [3.05, 3.63) is 71.7 Å². The molecule has 2 aromatic heterocycles. The van der Waals surface area contributed by atoms with E-state index in [1.165, 1.54) is 5.56 Å². The van der Waals surface area contributed by atoms with Crippen LogP contribution in [0.4, 0.5) is 0 Å². The van der Waals surface area contributed by atoms with Crippen molar-refractivity contribution < 1.29 is 4.79 Å². The number of rotatable bonds is 6. The fraction of sp³-hybridized carbons (Fsp3) is 0.261. The number of fused-ring (bicyclic) bond motifs is 1. The van der Waals surface area contributed by atoms with Crippen LogP contribution in [0.2, 0.25) is 0 Å². The van der Waals surface area contributed by atoms with Gasteiger partial charge in [0.1, 0.15) is 5.82 Å². The molecular weight excluding hydrogens is 362 g/mol. The smallest absolute Gasteiger partial charge is 0.271 e. The molecule has 0 saturated heterocycles. The first kappa shape index (κ1) is 18.9. The second-order valence-electron chi connectivity index (χ2n) is 7.31. The van der Waals surface area contributed by atoms with Crippen molar-refractivity contribution in [3.8, 4) is 11.3 Å². The van der Waals surface area contributed by atoms with E-state index < -0.39 is 0 Å². The number of hydrogen-bond donors (Lipinski definition) is 1. The quantitative estimate of drug-likeness (QED) is 0.511. The normalized spacial score (nSPS) is 11.1. The van der Waals surface area contributed by atoms with Gasteiger partial charge in [-0.25, -0.2) is 4.98 Å². The predicted octanol–water partition coefficient (Wildman–Crippen LogP) is 3.87. The molecule has 6 heteroatoms. The van der Waals surface area contributed by atoms with Gasteiger partial charge in [-0.3, -0.25) is 9.48 Å². The third-order valence-electron chi connectivity index (χ3n) is 5.15. The van der Waals surface area contributed by atoms with Gasteiger partial charge in [-0.15, -0.1) is 0 Å². The van der Waals surface area contributed by atoms with E-state index in [2.05, 4.69) is 45.1 Å². The van der Waals surface area contributed by atoms with Crippen molar-refractivity contribution >= 4 is 16.9 Å². The number of aromatic nitrogens is 4. The van der Waals surface area contributed by atoms with Crippen molar-refractivity contribution in [2.75, 3.05) is 6.54 Å². The minimum Gasteiger partial charge on any atom is -0.351 e. The first-order chi connectivity index (χ1) is 14.0. The third kappa shape index (κ3) is 3.92. The standard InChI is InChI=1S/C23H25N5O/c1-16-9-11-18(12-10-16)22-15-20(26-27(22)3)23(29)24-13-6-14-28-17(2)25-19-7-4-5-8-21(19)28/h4-5,7-12,15H,6,13-14H2,1-3H3,(H,24,29). The first-order valence-corrected chi connectivity index (χ1v) is 9.84. The second kappa shape index (κ2) is 7.91. The Bertz CT molecular complexity index is 1150. The van der Waals surface area contributed by atoms with Crippen LogP contribution in [0.5, 0.6) is 0 Å². The van der Waals surface area contributed by atoms with Crippen molar-refractivity contribution in [3.63, 3.8) is 0 Å². The molecule has 0 atom stereocenters. The summed E-state index contributed by atoms with van der Waals surface area (Å²) in [6.07, 6.45) is 0.824. The van der Waals surface area contributed by atoms with Gasteiger partial charge in [0.25, 0.3) is 5.91 Å². The summed E-state index contributed by atoms with van der Waals surface area (Å²) < 4.78 is 3.94. The summed E-state index contributed by atoms with van der Waals surface area (Å²) in [5.74, 6) is 0.844. The Kier molecular flexibility index (Phi) is 5.16. The molecule has 2 heterocycles. The van der Waals surface area contributed by atoms with Crippen LogP contribution < -0.4 is 5.32 Å². The average Bonchev–Trinajstić information content (AvgIpc) is 3.25. The maximum absolute atomic E-state index is 12.5. The van der Waals surface area contributed by atoms with E-state index in [0.717, 1.165) is 41.1 Å². The molecule has 0 spiro atoms. The number of amides is 1. The summed E-state index contributed by atoms with van der Waals surface area (Å²) in [6, 6.07) is 18.2. The molecule has 0 aliphatic rings. The molecule has 148 valence electrons. The highest BCUT2D eigenvalue weighted by atomic mass is 16.1. The lowest BCUT2D eigenvalue weighted by molar-refractivity contribution is 0.0947. The second-order valence-corrected chi connectivity index (χ2v) is 7.31. The largest absolute Gasteiger partial charge is 0.351 e. The van der Waals surface area contributed by atoms with Crippen LogP contribution in [0.1, 0.15) is 28.3 Å². The molecule has 6 nitrogen and oxygen atoms in total. The van der Waals surface area contributed by atoms with Crippen molar-refractivity contribution in [1.82, 2.24) is 24.6 Å². The first-order valence-electron chi connectivity index (χ1n) is 9.84. The van der Waals surface area contributed by atoms with Crippen LogP contribution in [0.15, 0.2) is 54.6 Å². The van der Waals surface area contributed by atoms with Gasteiger partial charge in [0.15, 0.2) is 5.69 Å². The Morgan fingerprint density at radius 2 is 1.83 bits per heavy atom. The number of benzene rings is 2. The zero-order chi connectivity index (χ0) is 20.4. The third-order valence-corrected chi connectivity index (χ3v) is 5.15. The summed E-state index contributed by atoms with van der Waals surface area (Å²) >= 11 is 0. The van der Waals surface area contributed by atoms with Crippen LogP contribution in [0.3, 0.4) is 0 Å². The molecule has 0 aliphatic carbocycles. The number of carbonyl (C=O) groups excluding carboxylic acids is 1. The van der Waals surface area contributed by atoms with Crippen LogP contribution >= 0.6 is 0 Å². The predicted molar refractivity (Wildman–Crippen MR) is 115 cm³/mol. The number of hydrogen-bond acceptors (Lipinski definition) is 3. The summed E-state index contributed by atoms with van der Waals surface area (Å²) in [5.41, 5.74) is 5.75. The lowest BCUT2D eigenvalue weighted by Crippen LogP contribution is -2.25. The highest BCUT2D eigenvalue weighted by Crippen LogP contribution is 2.20. The molecule has 0 fully saturated rings. The van der Waals surface area contributed by atoms with E-state index in [1.807, 2.05) is 50.4 Å². The van der Waals surface area contributed by atoms with Gasteiger partial charge in [-0.2, -0.15) is 5.10 Å². The number of imidazole rings is 1. The van der Waals surface area contributed by atoms with Gasteiger partial charge in [0.05, 0.1) is 16.7 Å².